The molecule has 0 radical (unpaired) electrons. The summed E-state index contributed by atoms with van der Waals surface area (Å²) in [6.07, 6.45) is -0.472. The van der Waals surface area contributed by atoms with Gasteiger partial charge in [0, 0.05) is 25.2 Å². The first-order valence-electron chi connectivity index (χ1n) is 8.41. The van der Waals surface area contributed by atoms with Crippen LogP contribution in [0.25, 0.3) is 0 Å². The van der Waals surface area contributed by atoms with Crippen LogP contribution >= 0.6 is 0 Å². The third-order valence-corrected chi connectivity index (χ3v) is 3.52. The lowest BCUT2D eigenvalue weighted by Crippen LogP contribution is -2.37. The van der Waals surface area contributed by atoms with Crippen molar-refractivity contribution < 1.29 is 23.9 Å². The molecule has 0 spiro atoms. The Morgan fingerprint density at radius 2 is 1.85 bits per heavy atom. The van der Waals surface area contributed by atoms with Crippen molar-refractivity contribution in [3.05, 3.63) is 34.9 Å². The highest BCUT2D eigenvalue weighted by Gasteiger charge is 2.17. The van der Waals surface area contributed by atoms with Gasteiger partial charge in [-0.15, -0.1) is 0 Å². The molecule has 1 amide bonds. The Bertz CT molecular complexity index is 664. The van der Waals surface area contributed by atoms with Gasteiger partial charge < -0.3 is 19.7 Å². The number of alkyl carbamates (subject to hydrolysis) is 1. The van der Waals surface area contributed by atoms with Crippen molar-refractivity contribution in [3.63, 3.8) is 0 Å². The van der Waals surface area contributed by atoms with E-state index in [-0.39, 0.29) is 5.78 Å². The number of rotatable bonds is 7. The number of esters is 1. The molecule has 0 aromatic heterocycles. The smallest absolute Gasteiger partial charge is 0.407 e. The molecule has 7 nitrogen and oxygen atoms in total. The van der Waals surface area contributed by atoms with Crippen LogP contribution in [0.1, 0.15) is 54.0 Å². The number of ketones is 1. The van der Waals surface area contributed by atoms with Crippen LogP contribution in [0.15, 0.2) is 18.2 Å². The third-order valence-electron chi connectivity index (χ3n) is 3.52. The van der Waals surface area contributed by atoms with E-state index in [1.165, 1.54) is 14.0 Å². The maximum Gasteiger partial charge on any atom is 0.407 e. The lowest BCUT2D eigenvalue weighted by atomic mass is 10.0. The molecular formula is C19H28N2O5. The molecule has 0 bridgehead atoms. The Balaban J connectivity index is 2.71. The van der Waals surface area contributed by atoms with Crippen molar-refractivity contribution in [1.29, 1.82) is 0 Å². The number of hydrogen-bond acceptors (Lipinski definition) is 6. The summed E-state index contributed by atoms with van der Waals surface area (Å²) < 4.78 is 9.98. The second-order valence-corrected chi connectivity index (χ2v) is 7.09. The van der Waals surface area contributed by atoms with Crippen LogP contribution < -0.4 is 5.32 Å². The van der Waals surface area contributed by atoms with E-state index >= 15 is 0 Å². The van der Waals surface area contributed by atoms with Crippen molar-refractivity contribution in [2.24, 2.45) is 0 Å². The zero-order chi connectivity index (χ0) is 19.9. The summed E-state index contributed by atoms with van der Waals surface area (Å²) in [5.74, 6) is -0.521. The summed E-state index contributed by atoms with van der Waals surface area (Å²) in [5, 5.41) is 2.69. The number of carbonyl (C=O) groups is 3. The Kier molecular flexibility index (Phi) is 7.76. The van der Waals surface area contributed by atoms with Crippen LogP contribution in [0, 0.1) is 0 Å². The van der Waals surface area contributed by atoms with Crippen molar-refractivity contribution in [1.82, 2.24) is 10.2 Å². The van der Waals surface area contributed by atoms with E-state index in [9.17, 15) is 14.4 Å². The average Bonchev–Trinajstić information content (AvgIpc) is 2.52. The molecule has 1 N–H and O–H groups in total. The highest BCUT2D eigenvalue weighted by Crippen LogP contribution is 2.16. The minimum Gasteiger partial charge on any atom is -0.465 e. The molecule has 1 aromatic rings. The summed E-state index contributed by atoms with van der Waals surface area (Å²) in [4.78, 5) is 37.1. The molecule has 0 aliphatic heterocycles. The van der Waals surface area contributed by atoms with Gasteiger partial charge in [0.1, 0.15) is 5.60 Å². The fraction of sp³-hybridized carbons (Fsp3) is 0.526. The summed E-state index contributed by atoms with van der Waals surface area (Å²) in [6, 6.07) is 4.92. The Morgan fingerprint density at radius 3 is 2.38 bits per heavy atom. The number of likely N-dealkylation sites (N-methyl/N-ethyl adjacent to an activating group) is 1. The number of hydrogen-bond donors (Lipinski definition) is 1. The first-order valence-corrected chi connectivity index (χ1v) is 8.41. The topological polar surface area (TPSA) is 84.9 Å². The zero-order valence-corrected chi connectivity index (χ0v) is 16.3. The number of ether oxygens (including phenoxy) is 2. The average molecular weight is 364 g/mol. The summed E-state index contributed by atoms with van der Waals surface area (Å²) in [6.45, 7) is 8.25. The quantitative estimate of drug-likeness (QED) is 0.591. The molecule has 0 saturated carbocycles. The molecule has 0 unspecified atom stereocenters. The van der Waals surface area contributed by atoms with E-state index < -0.39 is 17.7 Å². The van der Waals surface area contributed by atoms with Crippen molar-refractivity contribution in [3.8, 4) is 0 Å². The second kappa shape index (κ2) is 9.33. The van der Waals surface area contributed by atoms with Crippen LogP contribution in [0.2, 0.25) is 0 Å². The lowest BCUT2D eigenvalue weighted by molar-refractivity contribution is 0.0522. The van der Waals surface area contributed by atoms with E-state index in [0.717, 1.165) is 0 Å². The number of nitrogens with zero attached hydrogens (tertiary/aromatic N) is 1. The summed E-state index contributed by atoms with van der Waals surface area (Å²) >= 11 is 0. The number of Topliss-reactive ketones (excluding diaryl/α,β-unsaturated/α-hetero) is 1. The molecule has 144 valence electrons. The zero-order valence-electron chi connectivity index (χ0n) is 16.3. The lowest BCUT2D eigenvalue weighted by Gasteiger charge is -2.21. The molecule has 1 aromatic carbocycles. The van der Waals surface area contributed by atoms with Gasteiger partial charge in [-0.05, 0) is 52.4 Å². The van der Waals surface area contributed by atoms with Crippen molar-refractivity contribution in [2.45, 2.75) is 39.8 Å². The van der Waals surface area contributed by atoms with E-state index in [1.807, 2.05) is 11.9 Å². The second-order valence-electron chi connectivity index (χ2n) is 7.09. The third kappa shape index (κ3) is 7.23. The van der Waals surface area contributed by atoms with Gasteiger partial charge in [-0.1, -0.05) is 6.07 Å². The van der Waals surface area contributed by atoms with E-state index in [4.69, 9.17) is 9.47 Å². The number of nitrogens with one attached hydrogen (secondary N) is 1. The number of amides is 1. The minimum absolute atomic E-state index is 0.0723. The van der Waals surface area contributed by atoms with Crippen LogP contribution in [0.4, 0.5) is 4.79 Å². The first-order chi connectivity index (χ1) is 12.0. The van der Waals surface area contributed by atoms with E-state index in [2.05, 4.69) is 5.32 Å². The van der Waals surface area contributed by atoms with E-state index in [1.54, 1.807) is 39.0 Å². The molecular weight excluding hydrogens is 336 g/mol. The Hall–Kier alpha value is -2.41. The molecule has 0 aliphatic carbocycles. The van der Waals surface area contributed by atoms with Crippen molar-refractivity contribution >= 4 is 17.8 Å². The summed E-state index contributed by atoms with van der Waals surface area (Å²) in [7, 11) is 3.18. The molecule has 7 heteroatoms. The normalized spacial score (nSPS) is 11.2. The minimum atomic E-state index is -0.543. The highest BCUT2D eigenvalue weighted by atomic mass is 16.6. The van der Waals surface area contributed by atoms with Crippen LogP contribution in [0.5, 0.6) is 0 Å². The van der Waals surface area contributed by atoms with Gasteiger partial charge in [0.25, 0.3) is 0 Å². The predicted molar refractivity (Wildman–Crippen MR) is 98.4 cm³/mol. The van der Waals surface area contributed by atoms with Gasteiger partial charge in [-0.25, -0.2) is 9.59 Å². The molecule has 0 fully saturated rings. The predicted octanol–water partition coefficient (Wildman–Crippen LogP) is 2.63. The van der Waals surface area contributed by atoms with Gasteiger partial charge in [-0.3, -0.25) is 4.79 Å². The monoisotopic (exact) mass is 364 g/mol. The van der Waals surface area contributed by atoms with Gasteiger partial charge in [0.2, 0.25) is 0 Å². The standard InChI is InChI=1S/C19H28N2O5/c1-13(22)14-7-8-16(17(23)25-6)15(11-14)12-21(5)10-9-20-18(24)26-19(2,3)4/h7-8,11H,9-10,12H2,1-6H3,(H,20,24). The van der Waals surface area contributed by atoms with E-state index in [0.29, 0.717) is 36.3 Å². The molecule has 1 rings (SSSR count). The first kappa shape index (κ1) is 21.6. The van der Waals surface area contributed by atoms with Crippen LogP contribution in [-0.4, -0.2) is 55.6 Å². The van der Waals surface area contributed by atoms with Crippen LogP contribution in [-0.2, 0) is 16.0 Å². The summed E-state index contributed by atoms with van der Waals surface area (Å²) in [5.41, 5.74) is 1.11. The van der Waals surface area contributed by atoms with Gasteiger partial charge >= 0.3 is 12.1 Å². The van der Waals surface area contributed by atoms with Crippen LogP contribution in [0.3, 0.4) is 0 Å². The fourth-order valence-corrected chi connectivity index (χ4v) is 2.29. The number of benzene rings is 1. The maximum absolute atomic E-state index is 11.9. The maximum atomic E-state index is 11.9. The Labute approximate surface area is 154 Å². The molecule has 0 atom stereocenters. The largest absolute Gasteiger partial charge is 0.465 e. The molecule has 0 saturated heterocycles. The van der Waals surface area contributed by atoms with Crippen molar-refractivity contribution in [2.75, 3.05) is 27.2 Å². The number of carbonyl (C=O) groups excluding carboxylic acids is 3. The highest BCUT2D eigenvalue weighted by molar-refractivity contribution is 5.97. The fourth-order valence-electron chi connectivity index (χ4n) is 2.29. The van der Waals surface area contributed by atoms with Gasteiger partial charge in [0.05, 0.1) is 12.7 Å². The number of methoxy groups -OCH3 is 1. The SMILES string of the molecule is COC(=O)c1ccc(C(C)=O)cc1CN(C)CCNC(=O)OC(C)(C)C. The molecule has 0 heterocycles. The Morgan fingerprint density at radius 1 is 1.19 bits per heavy atom. The molecule has 26 heavy (non-hydrogen) atoms. The van der Waals surface area contributed by atoms with Gasteiger partial charge in [0.15, 0.2) is 5.78 Å². The molecule has 0 aliphatic rings. The van der Waals surface area contributed by atoms with Gasteiger partial charge in [-0.2, -0.15) is 0 Å².